The van der Waals surface area contributed by atoms with Gasteiger partial charge in [-0.3, -0.25) is 9.59 Å². The minimum absolute atomic E-state index is 0.131. The van der Waals surface area contributed by atoms with Crippen molar-refractivity contribution in [3.8, 4) is 0 Å². The maximum atomic E-state index is 12.1. The zero-order valence-corrected chi connectivity index (χ0v) is 13.8. The summed E-state index contributed by atoms with van der Waals surface area (Å²) in [6.45, 7) is 6.15. The second-order valence-corrected chi connectivity index (χ2v) is 4.99. The van der Waals surface area contributed by atoms with Gasteiger partial charge in [0.15, 0.2) is 17.3 Å². The van der Waals surface area contributed by atoms with E-state index in [1.807, 2.05) is 13.8 Å². The molecule has 0 atom stereocenters. The Labute approximate surface area is 135 Å². The Hall–Kier alpha value is -2.56. The predicted molar refractivity (Wildman–Crippen MR) is 85.3 cm³/mol. The summed E-state index contributed by atoms with van der Waals surface area (Å²) in [7, 11) is 1.44. The summed E-state index contributed by atoms with van der Waals surface area (Å²) in [5, 5.41) is 0. The number of hydrogen-bond donors (Lipinski definition) is 0. The second kappa shape index (κ2) is 7.13. The van der Waals surface area contributed by atoms with Crippen molar-refractivity contribution >= 4 is 11.6 Å². The first-order chi connectivity index (χ1) is 11.0. The summed E-state index contributed by atoms with van der Waals surface area (Å²) in [6, 6.07) is 0. The standard InChI is InChI=1S/C18H20O5/c1-5-22-15-9-12(7-11(3)17(15)19)13-8-14(21-4)18(20)16(10-13)23-6-2/h7-10H,5-6H2,1-4H3/b13-12+. The molecule has 2 aliphatic carbocycles. The van der Waals surface area contributed by atoms with Gasteiger partial charge >= 0.3 is 0 Å². The van der Waals surface area contributed by atoms with Crippen molar-refractivity contribution in [2.45, 2.75) is 20.8 Å². The second-order valence-electron chi connectivity index (χ2n) is 4.99. The van der Waals surface area contributed by atoms with Crippen LogP contribution in [0.5, 0.6) is 0 Å². The summed E-state index contributed by atoms with van der Waals surface area (Å²) in [5.41, 5.74) is 2.08. The maximum Gasteiger partial charge on any atom is 0.262 e. The van der Waals surface area contributed by atoms with Gasteiger partial charge in [0.05, 0.1) is 20.3 Å². The van der Waals surface area contributed by atoms with Gasteiger partial charge < -0.3 is 14.2 Å². The van der Waals surface area contributed by atoms with E-state index in [9.17, 15) is 9.59 Å². The number of rotatable bonds is 5. The molecule has 122 valence electrons. The Bertz CT molecular complexity index is 686. The highest BCUT2D eigenvalue weighted by Crippen LogP contribution is 2.28. The molecule has 0 spiro atoms. The summed E-state index contributed by atoms with van der Waals surface area (Å²) in [6.07, 6.45) is 6.73. The van der Waals surface area contributed by atoms with E-state index in [0.29, 0.717) is 24.5 Å². The zero-order valence-electron chi connectivity index (χ0n) is 13.8. The van der Waals surface area contributed by atoms with Crippen LogP contribution in [0.3, 0.4) is 0 Å². The molecule has 5 nitrogen and oxygen atoms in total. The van der Waals surface area contributed by atoms with Gasteiger partial charge in [-0.1, -0.05) is 0 Å². The largest absolute Gasteiger partial charge is 0.492 e. The molecular formula is C18H20O5. The SMILES string of the molecule is CCOC1=C/C(=C2\C=C(OC)C(=O)C(OCC)=C2)C=C(C)C1=O. The van der Waals surface area contributed by atoms with E-state index in [1.165, 1.54) is 7.11 Å². The normalized spacial score (nSPS) is 21.2. The van der Waals surface area contributed by atoms with E-state index in [4.69, 9.17) is 14.2 Å². The summed E-state index contributed by atoms with van der Waals surface area (Å²) >= 11 is 0. The third-order valence-corrected chi connectivity index (χ3v) is 3.41. The van der Waals surface area contributed by atoms with E-state index < -0.39 is 0 Å². The summed E-state index contributed by atoms with van der Waals surface area (Å²) < 4.78 is 15.9. The third-order valence-electron chi connectivity index (χ3n) is 3.41. The summed E-state index contributed by atoms with van der Waals surface area (Å²) in [4.78, 5) is 24.2. The topological polar surface area (TPSA) is 61.8 Å². The van der Waals surface area contributed by atoms with Crippen LogP contribution in [0.2, 0.25) is 0 Å². The van der Waals surface area contributed by atoms with E-state index in [1.54, 1.807) is 31.2 Å². The van der Waals surface area contributed by atoms with Gasteiger partial charge in [-0.05, 0) is 56.2 Å². The molecule has 0 saturated carbocycles. The Balaban J connectivity index is 2.55. The van der Waals surface area contributed by atoms with Crippen molar-refractivity contribution in [3.63, 3.8) is 0 Å². The highest BCUT2D eigenvalue weighted by atomic mass is 16.5. The Morgan fingerprint density at radius 1 is 0.783 bits per heavy atom. The van der Waals surface area contributed by atoms with Crippen molar-refractivity contribution in [2.75, 3.05) is 20.3 Å². The lowest BCUT2D eigenvalue weighted by Gasteiger charge is -2.18. The lowest BCUT2D eigenvalue weighted by molar-refractivity contribution is -0.118. The first-order valence-electron chi connectivity index (χ1n) is 7.48. The third kappa shape index (κ3) is 3.44. The monoisotopic (exact) mass is 316 g/mol. The van der Waals surface area contributed by atoms with E-state index in [-0.39, 0.29) is 23.1 Å². The molecule has 0 aliphatic heterocycles. The molecule has 0 aromatic rings. The smallest absolute Gasteiger partial charge is 0.262 e. The molecule has 0 amide bonds. The highest BCUT2D eigenvalue weighted by Gasteiger charge is 2.25. The van der Waals surface area contributed by atoms with E-state index in [2.05, 4.69) is 0 Å². The highest BCUT2D eigenvalue weighted by molar-refractivity contribution is 6.09. The number of Topliss-reactive ketones (excluding diaryl/α,β-unsaturated/α-hetero) is 2. The number of allylic oxidation sites excluding steroid dienone is 7. The van der Waals surface area contributed by atoms with Crippen LogP contribution in [0.1, 0.15) is 20.8 Å². The lowest BCUT2D eigenvalue weighted by Crippen LogP contribution is -2.16. The summed E-state index contributed by atoms with van der Waals surface area (Å²) in [5.74, 6) is 0.301. The van der Waals surface area contributed by atoms with Crippen molar-refractivity contribution in [3.05, 3.63) is 58.3 Å². The molecule has 0 saturated heterocycles. The molecule has 2 rings (SSSR count). The van der Waals surface area contributed by atoms with Gasteiger partial charge in [0.1, 0.15) is 0 Å². The van der Waals surface area contributed by atoms with Crippen molar-refractivity contribution in [1.29, 1.82) is 0 Å². The fourth-order valence-corrected chi connectivity index (χ4v) is 2.33. The number of ether oxygens (including phenoxy) is 3. The molecule has 0 heterocycles. The van der Waals surface area contributed by atoms with E-state index in [0.717, 1.165) is 11.1 Å². The van der Waals surface area contributed by atoms with Crippen LogP contribution in [0.4, 0.5) is 0 Å². The lowest BCUT2D eigenvalue weighted by atomic mass is 9.93. The number of hydrogen-bond acceptors (Lipinski definition) is 5. The van der Waals surface area contributed by atoms with Gasteiger partial charge in [0.2, 0.25) is 5.78 Å². The van der Waals surface area contributed by atoms with Crippen molar-refractivity contribution < 1.29 is 23.8 Å². The van der Waals surface area contributed by atoms with Crippen molar-refractivity contribution in [1.82, 2.24) is 0 Å². The molecule has 0 aromatic carbocycles. The number of carbonyl (C=O) groups excluding carboxylic acids is 2. The van der Waals surface area contributed by atoms with E-state index >= 15 is 0 Å². The van der Waals surface area contributed by atoms with Crippen molar-refractivity contribution in [2.24, 2.45) is 0 Å². The number of methoxy groups -OCH3 is 1. The fourth-order valence-electron chi connectivity index (χ4n) is 2.33. The molecule has 0 fully saturated rings. The minimum atomic E-state index is -0.291. The zero-order chi connectivity index (χ0) is 17.0. The van der Waals surface area contributed by atoms with Gasteiger partial charge in [0.25, 0.3) is 5.78 Å². The average Bonchev–Trinajstić information content (AvgIpc) is 2.54. The van der Waals surface area contributed by atoms with Crippen LogP contribution in [-0.2, 0) is 23.8 Å². The molecule has 0 aromatic heterocycles. The van der Waals surface area contributed by atoms with Crippen LogP contribution in [-0.4, -0.2) is 31.9 Å². The average molecular weight is 316 g/mol. The first kappa shape index (κ1) is 16.8. The van der Waals surface area contributed by atoms with Crippen LogP contribution < -0.4 is 0 Å². The quantitative estimate of drug-likeness (QED) is 0.780. The molecule has 0 unspecified atom stereocenters. The minimum Gasteiger partial charge on any atom is -0.492 e. The van der Waals surface area contributed by atoms with Gasteiger partial charge in [-0.15, -0.1) is 0 Å². The molecule has 23 heavy (non-hydrogen) atoms. The maximum absolute atomic E-state index is 12.1. The van der Waals surface area contributed by atoms with Crippen LogP contribution in [0, 0.1) is 0 Å². The van der Waals surface area contributed by atoms with Crippen LogP contribution >= 0.6 is 0 Å². The molecular weight excluding hydrogens is 296 g/mol. The predicted octanol–water partition coefficient (Wildman–Crippen LogP) is 2.77. The van der Waals surface area contributed by atoms with Gasteiger partial charge in [-0.25, -0.2) is 0 Å². The molecule has 5 heteroatoms. The fraction of sp³-hybridized carbons (Fsp3) is 0.333. The van der Waals surface area contributed by atoms with Gasteiger partial charge in [0, 0.05) is 5.57 Å². The van der Waals surface area contributed by atoms with Gasteiger partial charge in [-0.2, -0.15) is 0 Å². The Morgan fingerprint density at radius 3 is 1.78 bits per heavy atom. The molecule has 0 radical (unpaired) electrons. The number of carbonyl (C=O) groups is 2. The Kier molecular flexibility index (Phi) is 5.21. The van der Waals surface area contributed by atoms with Crippen LogP contribution in [0.25, 0.3) is 0 Å². The molecule has 0 bridgehead atoms. The Morgan fingerprint density at radius 2 is 1.26 bits per heavy atom. The molecule has 0 N–H and O–H groups in total. The number of ketones is 2. The van der Waals surface area contributed by atoms with Crippen LogP contribution in [0.15, 0.2) is 58.3 Å². The first-order valence-corrected chi connectivity index (χ1v) is 7.48. The molecule has 2 aliphatic rings.